The van der Waals surface area contributed by atoms with Crippen molar-refractivity contribution in [2.45, 2.75) is 38.8 Å². The van der Waals surface area contributed by atoms with Gasteiger partial charge in [0.1, 0.15) is 6.61 Å². The van der Waals surface area contributed by atoms with E-state index in [1.165, 1.54) is 11.8 Å². The number of unbranched alkanes of at least 4 members (excludes halogenated alkanes) is 1. The largest absolute Gasteiger partial charge is 0.480 e. The van der Waals surface area contributed by atoms with Crippen molar-refractivity contribution < 1.29 is 14.6 Å². The van der Waals surface area contributed by atoms with E-state index in [0.717, 1.165) is 12.8 Å². The minimum absolute atomic E-state index is 0.211. The first-order valence-electron chi connectivity index (χ1n) is 5.19. The summed E-state index contributed by atoms with van der Waals surface area (Å²) in [5.41, 5.74) is 0. The first kappa shape index (κ1) is 12.6. The van der Waals surface area contributed by atoms with E-state index in [1.807, 2.05) is 6.92 Å². The maximum absolute atomic E-state index is 11.1. The van der Waals surface area contributed by atoms with Crippen molar-refractivity contribution in [3.05, 3.63) is 5.82 Å². The van der Waals surface area contributed by atoms with Crippen LogP contribution < -0.4 is 0 Å². The molecule has 1 atom stereocenters. The number of aromatic nitrogens is 4. The van der Waals surface area contributed by atoms with Crippen LogP contribution in [0.5, 0.6) is 0 Å². The van der Waals surface area contributed by atoms with E-state index in [1.54, 1.807) is 0 Å². The van der Waals surface area contributed by atoms with Crippen LogP contribution >= 0.6 is 0 Å². The van der Waals surface area contributed by atoms with Crippen LogP contribution in [0, 0.1) is 0 Å². The summed E-state index contributed by atoms with van der Waals surface area (Å²) in [6, 6.07) is -0.708. The van der Waals surface area contributed by atoms with Gasteiger partial charge in [0.15, 0.2) is 11.9 Å². The summed E-state index contributed by atoms with van der Waals surface area (Å²) < 4.78 is 6.23. The summed E-state index contributed by atoms with van der Waals surface area (Å²) in [5, 5.41) is 20.0. The molecule has 1 unspecified atom stereocenters. The molecular formula is C9H16N4O3. The fourth-order valence-corrected chi connectivity index (χ4v) is 1.43. The number of nitrogens with zero attached hydrogens (tertiary/aromatic N) is 4. The Balaban J connectivity index is 2.83. The molecule has 0 spiro atoms. The van der Waals surface area contributed by atoms with Crippen molar-refractivity contribution in [2.75, 3.05) is 7.11 Å². The number of methoxy groups -OCH3 is 1. The molecule has 16 heavy (non-hydrogen) atoms. The summed E-state index contributed by atoms with van der Waals surface area (Å²) in [4.78, 5) is 11.1. The van der Waals surface area contributed by atoms with Gasteiger partial charge < -0.3 is 9.84 Å². The molecule has 0 amide bonds. The number of carboxylic acids is 1. The number of hydrogen-bond donors (Lipinski definition) is 1. The second-order valence-electron chi connectivity index (χ2n) is 3.47. The van der Waals surface area contributed by atoms with Gasteiger partial charge in [-0.1, -0.05) is 19.8 Å². The number of tetrazole rings is 1. The van der Waals surface area contributed by atoms with Gasteiger partial charge in [-0.2, -0.15) is 0 Å². The first-order valence-corrected chi connectivity index (χ1v) is 5.19. The molecule has 0 bridgehead atoms. The molecule has 0 radical (unpaired) electrons. The van der Waals surface area contributed by atoms with Gasteiger partial charge in [-0.05, 0) is 16.8 Å². The topological polar surface area (TPSA) is 90.1 Å². The Kier molecular flexibility index (Phi) is 4.84. The molecule has 7 heteroatoms. The summed E-state index contributed by atoms with van der Waals surface area (Å²) >= 11 is 0. The number of ether oxygens (including phenoxy) is 1. The lowest BCUT2D eigenvalue weighted by atomic mass is 10.1. The predicted molar refractivity (Wildman–Crippen MR) is 54.7 cm³/mol. The third kappa shape index (κ3) is 2.99. The zero-order chi connectivity index (χ0) is 12.0. The highest BCUT2D eigenvalue weighted by Crippen LogP contribution is 2.15. The predicted octanol–water partition coefficient (Wildman–Crippen LogP) is 0.635. The van der Waals surface area contributed by atoms with Crippen LogP contribution in [0.2, 0.25) is 0 Å². The molecule has 0 saturated carbocycles. The van der Waals surface area contributed by atoms with E-state index in [-0.39, 0.29) is 6.61 Å². The Morgan fingerprint density at radius 2 is 2.38 bits per heavy atom. The number of carbonyl (C=O) groups is 1. The quantitative estimate of drug-likeness (QED) is 0.736. The molecule has 0 aromatic carbocycles. The maximum atomic E-state index is 11.1. The monoisotopic (exact) mass is 228 g/mol. The number of aliphatic carboxylic acids is 1. The smallest absolute Gasteiger partial charge is 0.328 e. The van der Waals surface area contributed by atoms with Crippen LogP contribution in [0.1, 0.15) is 38.1 Å². The third-order valence-electron chi connectivity index (χ3n) is 2.25. The van der Waals surface area contributed by atoms with E-state index in [4.69, 9.17) is 9.84 Å². The van der Waals surface area contributed by atoms with Crippen molar-refractivity contribution in [1.29, 1.82) is 0 Å². The average Bonchev–Trinajstić information content (AvgIpc) is 2.67. The Morgan fingerprint density at radius 1 is 1.62 bits per heavy atom. The SMILES string of the molecule is CCCCC(C(=O)O)n1nnnc1COC. The molecule has 1 aromatic rings. The van der Waals surface area contributed by atoms with E-state index >= 15 is 0 Å². The Hall–Kier alpha value is -1.50. The molecule has 7 nitrogen and oxygen atoms in total. The normalized spacial score (nSPS) is 12.6. The lowest BCUT2D eigenvalue weighted by Gasteiger charge is -2.12. The fraction of sp³-hybridized carbons (Fsp3) is 0.778. The second kappa shape index (κ2) is 6.16. The van der Waals surface area contributed by atoms with E-state index < -0.39 is 12.0 Å². The zero-order valence-corrected chi connectivity index (χ0v) is 9.46. The van der Waals surface area contributed by atoms with Gasteiger partial charge in [0.25, 0.3) is 0 Å². The molecule has 0 aliphatic rings. The minimum Gasteiger partial charge on any atom is -0.480 e. The van der Waals surface area contributed by atoms with Crippen molar-refractivity contribution in [2.24, 2.45) is 0 Å². The Morgan fingerprint density at radius 3 is 2.94 bits per heavy atom. The summed E-state index contributed by atoms with van der Waals surface area (Å²) in [7, 11) is 1.51. The molecule has 1 rings (SSSR count). The van der Waals surface area contributed by atoms with Crippen molar-refractivity contribution in [3.8, 4) is 0 Å². The molecule has 1 N–H and O–H groups in total. The van der Waals surface area contributed by atoms with Crippen LogP contribution in [-0.4, -0.2) is 38.4 Å². The third-order valence-corrected chi connectivity index (χ3v) is 2.25. The summed E-state index contributed by atoms with van der Waals surface area (Å²) in [5.74, 6) is -0.482. The molecule has 0 saturated heterocycles. The average molecular weight is 228 g/mol. The lowest BCUT2D eigenvalue weighted by Crippen LogP contribution is -2.22. The Bertz CT molecular complexity index is 339. The molecule has 0 aliphatic heterocycles. The Labute approximate surface area is 93.4 Å². The van der Waals surface area contributed by atoms with Crippen molar-refractivity contribution >= 4 is 5.97 Å². The lowest BCUT2D eigenvalue weighted by molar-refractivity contribution is -0.141. The molecule has 1 heterocycles. The van der Waals surface area contributed by atoms with Gasteiger partial charge >= 0.3 is 5.97 Å². The maximum Gasteiger partial charge on any atom is 0.328 e. The minimum atomic E-state index is -0.918. The zero-order valence-electron chi connectivity index (χ0n) is 9.46. The number of hydrogen-bond acceptors (Lipinski definition) is 5. The molecule has 1 aromatic heterocycles. The van der Waals surface area contributed by atoms with E-state index in [0.29, 0.717) is 12.2 Å². The van der Waals surface area contributed by atoms with Gasteiger partial charge in [0.2, 0.25) is 0 Å². The van der Waals surface area contributed by atoms with Gasteiger partial charge in [0, 0.05) is 7.11 Å². The molecule has 90 valence electrons. The molecule has 0 aliphatic carbocycles. The highest BCUT2D eigenvalue weighted by atomic mass is 16.5. The van der Waals surface area contributed by atoms with Gasteiger partial charge in [-0.15, -0.1) is 5.10 Å². The fourth-order valence-electron chi connectivity index (χ4n) is 1.43. The van der Waals surface area contributed by atoms with Gasteiger partial charge in [0.05, 0.1) is 0 Å². The van der Waals surface area contributed by atoms with E-state index in [9.17, 15) is 4.79 Å². The van der Waals surface area contributed by atoms with Crippen LogP contribution in [0.3, 0.4) is 0 Å². The van der Waals surface area contributed by atoms with Gasteiger partial charge in [-0.25, -0.2) is 9.48 Å². The second-order valence-corrected chi connectivity index (χ2v) is 3.47. The van der Waals surface area contributed by atoms with Crippen molar-refractivity contribution in [3.63, 3.8) is 0 Å². The summed E-state index contributed by atoms with van der Waals surface area (Å²) in [6.07, 6.45) is 2.28. The van der Waals surface area contributed by atoms with E-state index in [2.05, 4.69) is 15.5 Å². The van der Waals surface area contributed by atoms with Gasteiger partial charge in [-0.3, -0.25) is 0 Å². The standard InChI is InChI=1S/C9H16N4O3/c1-3-4-5-7(9(14)15)13-8(6-16-2)10-11-12-13/h7H,3-6H2,1-2H3,(H,14,15). The highest BCUT2D eigenvalue weighted by Gasteiger charge is 2.23. The van der Waals surface area contributed by atoms with Crippen LogP contribution in [0.4, 0.5) is 0 Å². The summed E-state index contributed by atoms with van der Waals surface area (Å²) in [6.45, 7) is 2.22. The number of rotatable bonds is 7. The van der Waals surface area contributed by atoms with Crippen LogP contribution in [-0.2, 0) is 16.1 Å². The molecular weight excluding hydrogens is 212 g/mol. The van der Waals surface area contributed by atoms with Crippen LogP contribution in [0.15, 0.2) is 0 Å². The molecule has 0 fully saturated rings. The number of carboxylic acid groups (broad SMARTS) is 1. The first-order chi connectivity index (χ1) is 7.70. The highest BCUT2D eigenvalue weighted by molar-refractivity contribution is 5.71. The van der Waals surface area contributed by atoms with Crippen molar-refractivity contribution in [1.82, 2.24) is 20.2 Å². The van der Waals surface area contributed by atoms with Crippen LogP contribution in [0.25, 0.3) is 0 Å².